The van der Waals surface area contributed by atoms with Crippen LogP contribution in [0.5, 0.6) is 0 Å². The first kappa shape index (κ1) is 12.9. The van der Waals surface area contributed by atoms with Gasteiger partial charge in [-0.3, -0.25) is 0 Å². The zero-order valence-corrected chi connectivity index (χ0v) is 11.7. The summed E-state index contributed by atoms with van der Waals surface area (Å²) in [5.41, 5.74) is 9.83. The average Bonchev–Trinajstić information content (AvgIpc) is 3.05. The first-order valence-corrected chi connectivity index (χ1v) is 7.27. The van der Waals surface area contributed by atoms with Crippen molar-refractivity contribution in [1.82, 2.24) is 4.98 Å². The molecule has 2 heterocycles. The van der Waals surface area contributed by atoms with Crippen molar-refractivity contribution in [3.05, 3.63) is 22.9 Å². The summed E-state index contributed by atoms with van der Waals surface area (Å²) in [5, 5.41) is 0. The van der Waals surface area contributed by atoms with E-state index in [1.807, 2.05) is 0 Å². The number of aromatic nitrogens is 1. The maximum absolute atomic E-state index is 5.91. The summed E-state index contributed by atoms with van der Waals surface area (Å²) in [5.74, 6) is 1.76. The Kier molecular flexibility index (Phi) is 3.71. The average molecular weight is 261 g/mol. The maximum Gasteiger partial charge on any atom is 0.133 e. The van der Waals surface area contributed by atoms with Gasteiger partial charge in [-0.1, -0.05) is 0 Å². The zero-order chi connectivity index (χ0) is 13.2. The van der Waals surface area contributed by atoms with Crippen LogP contribution in [0.25, 0.3) is 0 Å². The second-order valence-corrected chi connectivity index (χ2v) is 5.69. The van der Waals surface area contributed by atoms with Crippen LogP contribution < -0.4 is 10.6 Å². The lowest BCUT2D eigenvalue weighted by molar-refractivity contribution is 0.161. The molecule has 0 aromatic carbocycles. The van der Waals surface area contributed by atoms with Gasteiger partial charge in [-0.05, 0) is 37.3 Å². The van der Waals surface area contributed by atoms with Gasteiger partial charge in [0.15, 0.2) is 0 Å². The lowest BCUT2D eigenvalue weighted by Gasteiger charge is -2.21. The lowest BCUT2D eigenvalue weighted by atomic mass is 10.1. The highest BCUT2D eigenvalue weighted by Crippen LogP contribution is 2.30. The fourth-order valence-corrected chi connectivity index (χ4v) is 3.33. The van der Waals surface area contributed by atoms with Crippen LogP contribution in [0.4, 0.5) is 5.82 Å². The summed E-state index contributed by atoms with van der Waals surface area (Å²) in [7, 11) is 1.78. The van der Waals surface area contributed by atoms with Gasteiger partial charge in [0.2, 0.25) is 0 Å². The Morgan fingerprint density at radius 3 is 3.16 bits per heavy atom. The number of pyridine rings is 1. The predicted molar refractivity (Wildman–Crippen MR) is 76.3 cm³/mol. The van der Waals surface area contributed by atoms with Gasteiger partial charge in [0, 0.05) is 43.9 Å². The number of hydrogen-bond donors (Lipinski definition) is 1. The summed E-state index contributed by atoms with van der Waals surface area (Å²) in [6.07, 6.45) is 4.73. The van der Waals surface area contributed by atoms with Crippen LogP contribution in [0.2, 0.25) is 0 Å². The molecule has 0 amide bonds. The minimum atomic E-state index is 0.584. The molecule has 1 aromatic heterocycles. The van der Waals surface area contributed by atoms with Crippen LogP contribution in [0.15, 0.2) is 6.07 Å². The third-order valence-electron chi connectivity index (χ3n) is 4.31. The van der Waals surface area contributed by atoms with Crippen LogP contribution in [0.1, 0.15) is 29.7 Å². The minimum absolute atomic E-state index is 0.584. The summed E-state index contributed by atoms with van der Waals surface area (Å²) in [4.78, 5) is 7.30. The molecule has 1 fully saturated rings. The SMILES string of the molecule is COCC1CCN(c2nc3c(cc2CN)CCC3)C1. The van der Waals surface area contributed by atoms with Gasteiger partial charge >= 0.3 is 0 Å². The Hall–Kier alpha value is -1.13. The Morgan fingerprint density at radius 2 is 2.37 bits per heavy atom. The monoisotopic (exact) mass is 261 g/mol. The maximum atomic E-state index is 5.91. The van der Waals surface area contributed by atoms with E-state index in [0.717, 1.165) is 31.9 Å². The zero-order valence-electron chi connectivity index (χ0n) is 11.7. The molecule has 1 aliphatic carbocycles. The molecule has 0 bridgehead atoms. The molecular formula is C15H23N3O. The van der Waals surface area contributed by atoms with Gasteiger partial charge < -0.3 is 15.4 Å². The quantitative estimate of drug-likeness (QED) is 0.892. The van der Waals surface area contributed by atoms with Crippen LogP contribution in [-0.4, -0.2) is 31.8 Å². The number of hydrogen-bond acceptors (Lipinski definition) is 4. The summed E-state index contributed by atoms with van der Waals surface area (Å²) in [6.45, 7) is 3.56. The highest BCUT2D eigenvalue weighted by molar-refractivity contribution is 5.51. The molecule has 2 aliphatic rings. The molecule has 1 saturated heterocycles. The fourth-order valence-electron chi connectivity index (χ4n) is 3.33. The van der Waals surface area contributed by atoms with E-state index < -0.39 is 0 Å². The first-order chi connectivity index (χ1) is 9.31. The smallest absolute Gasteiger partial charge is 0.133 e. The highest BCUT2D eigenvalue weighted by Gasteiger charge is 2.26. The van der Waals surface area contributed by atoms with Crippen molar-refractivity contribution in [1.29, 1.82) is 0 Å². The number of anilines is 1. The summed E-state index contributed by atoms with van der Waals surface area (Å²) >= 11 is 0. The largest absolute Gasteiger partial charge is 0.384 e. The van der Waals surface area contributed by atoms with E-state index in [-0.39, 0.29) is 0 Å². The number of nitrogens with zero attached hydrogens (tertiary/aromatic N) is 2. The summed E-state index contributed by atoms with van der Waals surface area (Å²) < 4.78 is 5.27. The molecule has 3 rings (SSSR count). The molecule has 2 N–H and O–H groups in total. The van der Waals surface area contributed by atoms with Gasteiger partial charge in [0.25, 0.3) is 0 Å². The van der Waals surface area contributed by atoms with E-state index in [1.165, 1.54) is 36.1 Å². The lowest BCUT2D eigenvalue weighted by Crippen LogP contribution is -2.24. The molecule has 104 valence electrons. The van der Waals surface area contributed by atoms with Gasteiger partial charge in [-0.2, -0.15) is 0 Å². The van der Waals surface area contributed by atoms with Crippen molar-refractivity contribution >= 4 is 5.82 Å². The van der Waals surface area contributed by atoms with Crippen LogP contribution in [-0.2, 0) is 24.1 Å². The van der Waals surface area contributed by atoms with Gasteiger partial charge in [0.1, 0.15) is 5.82 Å². The second kappa shape index (κ2) is 5.47. The van der Waals surface area contributed by atoms with Crippen LogP contribution >= 0.6 is 0 Å². The van der Waals surface area contributed by atoms with Gasteiger partial charge in [-0.15, -0.1) is 0 Å². The van der Waals surface area contributed by atoms with E-state index >= 15 is 0 Å². The van der Waals surface area contributed by atoms with Crippen molar-refractivity contribution in [2.45, 2.75) is 32.2 Å². The van der Waals surface area contributed by atoms with Gasteiger partial charge in [0.05, 0.1) is 6.61 Å². The molecule has 1 aliphatic heterocycles. The standard InChI is InChI=1S/C15H23N3O/c1-19-10-11-5-6-18(9-11)15-13(8-16)7-12-3-2-4-14(12)17-15/h7,11H,2-6,8-10,16H2,1H3. The van der Waals surface area contributed by atoms with Crippen molar-refractivity contribution in [2.75, 3.05) is 31.7 Å². The molecule has 1 atom stereocenters. The molecule has 0 spiro atoms. The highest BCUT2D eigenvalue weighted by atomic mass is 16.5. The number of nitrogens with two attached hydrogens (primary N) is 1. The first-order valence-electron chi connectivity index (χ1n) is 7.27. The predicted octanol–water partition coefficient (Wildman–Crippen LogP) is 1.50. The van der Waals surface area contributed by atoms with E-state index in [1.54, 1.807) is 7.11 Å². The van der Waals surface area contributed by atoms with Crippen LogP contribution in [0.3, 0.4) is 0 Å². The minimum Gasteiger partial charge on any atom is -0.384 e. The second-order valence-electron chi connectivity index (χ2n) is 5.69. The molecule has 19 heavy (non-hydrogen) atoms. The van der Waals surface area contributed by atoms with Gasteiger partial charge in [-0.25, -0.2) is 4.98 Å². The number of aryl methyl sites for hydroxylation is 2. The Labute approximate surface area is 115 Å². The normalized spacial score (nSPS) is 22.0. The Bertz CT molecular complexity index is 461. The molecular weight excluding hydrogens is 238 g/mol. The van der Waals surface area contributed by atoms with E-state index in [0.29, 0.717) is 12.5 Å². The van der Waals surface area contributed by atoms with Crippen molar-refractivity contribution in [2.24, 2.45) is 11.7 Å². The molecule has 4 heteroatoms. The van der Waals surface area contributed by atoms with E-state index in [9.17, 15) is 0 Å². The molecule has 0 radical (unpaired) electrons. The van der Waals surface area contributed by atoms with Crippen molar-refractivity contribution < 1.29 is 4.74 Å². The van der Waals surface area contributed by atoms with E-state index in [4.69, 9.17) is 15.5 Å². The molecule has 0 saturated carbocycles. The third-order valence-corrected chi connectivity index (χ3v) is 4.31. The number of rotatable bonds is 4. The number of ether oxygens (including phenoxy) is 1. The molecule has 1 aromatic rings. The fraction of sp³-hybridized carbons (Fsp3) is 0.667. The van der Waals surface area contributed by atoms with Crippen molar-refractivity contribution in [3.8, 4) is 0 Å². The Balaban J connectivity index is 1.84. The van der Waals surface area contributed by atoms with E-state index in [2.05, 4.69) is 11.0 Å². The number of fused-ring (bicyclic) bond motifs is 1. The topological polar surface area (TPSA) is 51.4 Å². The molecule has 1 unspecified atom stereocenters. The van der Waals surface area contributed by atoms with Crippen molar-refractivity contribution in [3.63, 3.8) is 0 Å². The third kappa shape index (κ3) is 2.47. The Morgan fingerprint density at radius 1 is 1.47 bits per heavy atom. The molecule has 4 nitrogen and oxygen atoms in total. The summed E-state index contributed by atoms with van der Waals surface area (Å²) in [6, 6.07) is 2.29. The van der Waals surface area contributed by atoms with Crippen LogP contribution in [0, 0.1) is 5.92 Å². The number of methoxy groups -OCH3 is 1.